The molecule has 0 bridgehead atoms. The molecule has 1 saturated heterocycles. The van der Waals surface area contributed by atoms with E-state index >= 15 is 0 Å². The molecule has 3 atom stereocenters. The fourth-order valence-corrected chi connectivity index (χ4v) is 5.70. The lowest BCUT2D eigenvalue weighted by Crippen LogP contribution is -2.54. The van der Waals surface area contributed by atoms with Gasteiger partial charge in [0.05, 0.1) is 0 Å². The number of carbonyl (C=O) groups excluding carboxylic acids is 2. The monoisotopic (exact) mass is 522 g/mol. The van der Waals surface area contributed by atoms with E-state index in [-0.39, 0.29) is 23.9 Å². The third-order valence-corrected chi connectivity index (χ3v) is 7.39. The van der Waals surface area contributed by atoms with Crippen molar-refractivity contribution in [3.63, 3.8) is 0 Å². The Morgan fingerprint density at radius 3 is 2.44 bits per heavy atom. The van der Waals surface area contributed by atoms with Gasteiger partial charge in [-0.25, -0.2) is 0 Å². The van der Waals surface area contributed by atoms with E-state index in [1.165, 1.54) is 0 Å². The first-order valence-electron chi connectivity index (χ1n) is 12.3. The molecule has 1 fully saturated rings. The van der Waals surface area contributed by atoms with Crippen LogP contribution in [0.25, 0.3) is 0 Å². The van der Waals surface area contributed by atoms with Crippen molar-refractivity contribution in [2.45, 2.75) is 50.3 Å². The number of halogens is 2. The summed E-state index contributed by atoms with van der Waals surface area (Å²) in [6, 6.07) is 22.8. The molecule has 0 spiro atoms. The number of nitrogens with zero attached hydrogens (tertiary/aromatic N) is 1. The number of hydrogen-bond acceptors (Lipinski definition) is 3. The molecular weight excluding hydrogens is 495 g/mol. The van der Waals surface area contributed by atoms with Gasteiger partial charge in [0.2, 0.25) is 0 Å². The number of carbonyl (C=O) groups is 2. The summed E-state index contributed by atoms with van der Waals surface area (Å²) in [5.41, 5.74) is 2.75. The molecule has 0 aromatic heterocycles. The summed E-state index contributed by atoms with van der Waals surface area (Å²) in [6.07, 6.45) is 2.99. The first-order chi connectivity index (χ1) is 17.5. The molecule has 36 heavy (non-hydrogen) atoms. The average Bonchev–Trinajstić information content (AvgIpc) is 2.88. The number of nitrogens with one attached hydrogen (secondary N) is 1. The van der Waals surface area contributed by atoms with Crippen molar-refractivity contribution in [1.29, 1.82) is 0 Å². The molecule has 5 nitrogen and oxygen atoms in total. The molecule has 2 aliphatic rings. The maximum atomic E-state index is 13.5. The van der Waals surface area contributed by atoms with E-state index in [1.54, 1.807) is 18.2 Å². The van der Waals surface area contributed by atoms with Gasteiger partial charge in [0, 0.05) is 34.2 Å². The Hall–Kier alpha value is -3.02. The Morgan fingerprint density at radius 2 is 1.67 bits per heavy atom. The van der Waals surface area contributed by atoms with Crippen LogP contribution in [-0.2, 0) is 17.6 Å². The van der Waals surface area contributed by atoms with Crippen LogP contribution in [-0.4, -0.2) is 41.4 Å². The summed E-state index contributed by atoms with van der Waals surface area (Å²) in [5.74, 6) is 0.596. The number of ether oxygens (including phenoxy) is 1. The zero-order chi connectivity index (χ0) is 25.1. The normalized spacial score (nSPS) is 21.3. The Balaban J connectivity index is 1.30. The number of hydrogen-bond donors (Lipinski definition) is 1. The smallest absolute Gasteiger partial charge is 0.261 e. The molecule has 186 valence electrons. The van der Waals surface area contributed by atoms with Crippen LogP contribution in [0, 0.1) is 0 Å². The lowest BCUT2D eigenvalue weighted by molar-refractivity contribution is -0.129. The summed E-state index contributed by atoms with van der Waals surface area (Å²) in [5, 5.41) is 4.07. The second-order valence-electron chi connectivity index (χ2n) is 9.48. The van der Waals surface area contributed by atoms with Crippen molar-refractivity contribution in [3.05, 3.63) is 99.5 Å². The summed E-state index contributed by atoms with van der Waals surface area (Å²) >= 11 is 12.3. The number of para-hydroxylation sites is 1. The lowest BCUT2D eigenvalue weighted by atomic mass is 9.91. The van der Waals surface area contributed by atoms with Crippen molar-refractivity contribution in [2.75, 3.05) is 6.54 Å². The van der Waals surface area contributed by atoms with Crippen LogP contribution in [0.15, 0.2) is 72.8 Å². The minimum absolute atomic E-state index is 0.0426. The minimum Gasteiger partial charge on any atom is -0.480 e. The zero-order valence-corrected chi connectivity index (χ0v) is 21.3. The fourth-order valence-electron chi connectivity index (χ4n) is 5.18. The molecule has 3 aromatic rings. The van der Waals surface area contributed by atoms with Crippen molar-refractivity contribution in [3.8, 4) is 5.75 Å². The fraction of sp³-hybridized carbons (Fsp3) is 0.310. The molecule has 3 aromatic carbocycles. The van der Waals surface area contributed by atoms with Gasteiger partial charge in [-0.2, -0.15) is 0 Å². The van der Waals surface area contributed by atoms with Gasteiger partial charge in [-0.3, -0.25) is 9.59 Å². The quantitative estimate of drug-likeness (QED) is 0.466. The predicted molar refractivity (Wildman–Crippen MR) is 142 cm³/mol. The van der Waals surface area contributed by atoms with Gasteiger partial charge in [-0.15, -0.1) is 0 Å². The standard InChI is InChI=1S/C29H28Cl2N2O3/c30-22-15-21(16-23(31)17-22)29(35)33-13-12-24(18-25(33)14-19-6-2-1-3-7-19)32-28(34)27-11-10-20-8-4-5-9-26(20)36-27/h1-9,15-17,24-25,27H,10-14,18H2,(H,32,34)/t24-,25+,27?/m0/s1. The molecular formula is C29H28Cl2N2O3. The highest BCUT2D eigenvalue weighted by Gasteiger charge is 2.35. The van der Waals surface area contributed by atoms with E-state index in [1.807, 2.05) is 47.4 Å². The topological polar surface area (TPSA) is 58.6 Å². The number of amides is 2. The van der Waals surface area contributed by atoms with E-state index in [0.717, 1.165) is 23.3 Å². The molecule has 1 unspecified atom stereocenters. The van der Waals surface area contributed by atoms with Crippen LogP contribution in [0.5, 0.6) is 5.75 Å². The van der Waals surface area contributed by atoms with Gasteiger partial charge in [0.25, 0.3) is 11.8 Å². The molecule has 7 heteroatoms. The zero-order valence-electron chi connectivity index (χ0n) is 19.8. The van der Waals surface area contributed by atoms with Crippen molar-refractivity contribution in [1.82, 2.24) is 10.2 Å². The van der Waals surface area contributed by atoms with Crippen LogP contribution in [0.4, 0.5) is 0 Å². The minimum atomic E-state index is -0.499. The maximum Gasteiger partial charge on any atom is 0.261 e. The average molecular weight is 523 g/mol. The molecule has 2 heterocycles. The third-order valence-electron chi connectivity index (χ3n) is 6.96. The highest BCUT2D eigenvalue weighted by molar-refractivity contribution is 6.35. The van der Waals surface area contributed by atoms with Crippen molar-refractivity contribution >= 4 is 35.0 Å². The van der Waals surface area contributed by atoms with E-state index in [0.29, 0.717) is 47.8 Å². The number of benzene rings is 3. The number of likely N-dealkylation sites (tertiary alicyclic amines) is 1. The van der Waals surface area contributed by atoms with Crippen LogP contribution in [0.1, 0.15) is 40.7 Å². The molecule has 0 radical (unpaired) electrons. The number of piperidine rings is 1. The van der Waals surface area contributed by atoms with Gasteiger partial charge in [-0.05, 0) is 67.5 Å². The summed E-state index contributed by atoms with van der Waals surface area (Å²) < 4.78 is 6.00. The second-order valence-corrected chi connectivity index (χ2v) is 10.4. The molecule has 1 N–H and O–H groups in total. The third kappa shape index (κ3) is 5.69. The lowest BCUT2D eigenvalue weighted by Gasteiger charge is -2.40. The van der Waals surface area contributed by atoms with E-state index in [4.69, 9.17) is 27.9 Å². The first kappa shape index (κ1) is 24.7. The summed E-state index contributed by atoms with van der Waals surface area (Å²) in [7, 11) is 0. The molecule has 2 amide bonds. The summed E-state index contributed by atoms with van der Waals surface area (Å²) in [4.78, 5) is 28.5. The highest BCUT2D eigenvalue weighted by atomic mass is 35.5. The van der Waals surface area contributed by atoms with Gasteiger partial charge < -0.3 is 15.0 Å². The van der Waals surface area contributed by atoms with Gasteiger partial charge >= 0.3 is 0 Å². The van der Waals surface area contributed by atoms with Crippen molar-refractivity contribution in [2.24, 2.45) is 0 Å². The van der Waals surface area contributed by atoms with Gasteiger partial charge in [0.15, 0.2) is 6.10 Å². The Kier molecular flexibility index (Phi) is 7.49. The Labute approximate surface area is 221 Å². The van der Waals surface area contributed by atoms with Crippen LogP contribution < -0.4 is 10.1 Å². The van der Waals surface area contributed by atoms with E-state index in [9.17, 15) is 9.59 Å². The van der Waals surface area contributed by atoms with E-state index in [2.05, 4.69) is 17.4 Å². The number of fused-ring (bicyclic) bond motifs is 1. The molecule has 5 rings (SSSR count). The van der Waals surface area contributed by atoms with Gasteiger partial charge in [0.1, 0.15) is 5.75 Å². The van der Waals surface area contributed by atoms with Crippen LogP contribution in [0.3, 0.4) is 0 Å². The maximum absolute atomic E-state index is 13.5. The Bertz CT molecular complexity index is 1230. The van der Waals surface area contributed by atoms with E-state index < -0.39 is 6.10 Å². The Morgan fingerprint density at radius 1 is 0.944 bits per heavy atom. The van der Waals surface area contributed by atoms with Crippen LogP contribution >= 0.6 is 23.2 Å². The number of rotatable bonds is 5. The highest BCUT2D eigenvalue weighted by Crippen LogP contribution is 2.29. The first-order valence-corrected chi connectivity index (χ1v) is 13.1. The van der Waals surface area contributed by atoms with Gasteiger partial charge in [-0.1, -0.05) is 71.7 Å². The molecule has 0 saturated carbocycles. The second kappa shape index (κ2) is 10.9. The number of aryl methyl sites for hydroxylation is 1. The SMILES string of the molecule is O=C(N[C@H]1CCN(C(=O)c2cc(Cl)cc(Cl)c2)[C@H](Cc2ccccc2)C1)C1CCc2ccccc2O1. The van der Waals surface area contributed by atoms with Crippen molar-refractivity contribution < 1.29 is 14.3 Å². The summed E-state index contributed by atoms with van der Waals surface area (Å²) in [6.45, 7) is 0.528. The molecule has 2 aliphatic heterocycles. The molecule has 0 aliphatic carbocycles. The van der Waals surface area contributed by atoms with Crippen LogP contribution in [0.2, 0.25) is 10.0 Å². The largest absolute Gasteiger partial charge is 0.480 e. The predicted octanol–water partition coefficient (Wildman–Crippen LogP) is 5.72.